The van der Waals surface area contributed by atoms with Gasteiger partial charge in [-0.05, 0) is 24.3 Å². The second-order valence-electron chi connectivity index (χ2n) is 6.18. The molecule has 2 aromatic carbocycles. The smallest absolute Gasteiger partial charge is 0.290 e. The van der Waals surface area contributed by atoms with Crippen LogP contribution in [0.3, 0.4) is 0 Å². The Kier molecular flexibility index (Phi) is 4.89. The summed E-state index contributed by atoms with van der Waals surface area (Å²) in [5.74, 6) is -1.07. The van der Waals surface area contributed by atoms with Crippen LogP contribution in [0.2, 0.25) is 0 Å². The molecule has 8 heteroatoms. The van der Waals surface area contributed by atoms with E-state index in [0.29, 0.717) is 16.3 Å². The van der Waals surface area contributed by atoms with Crippen molar-refractivity contribution in [2.45, 2.75) is 0 Å². The molecule has 0 fully saturated rings. The molecule has 1 aromatic heterocycles. The number of aromatic nitrogens is 2. The minimum absolute atomic E-state index is 0.0510. The molecule has 2 N–H and O–H groups in total. The number of aryl methyl sites for hydroxylation is 1. The summed E-state index contributed by atoms with van der Waals surface area (Å²) in [5, 5.41) is 4.82. The third-order valence-corrected chi connectivity index (χ3v) is 4.09. The van der Waals surface area contributed by atoms with Crippen LogP contribution in [-0.2, 0) is 7.05 Å². The molecule has 0 saturated heterocycles. The first-order valence-electron chi connectivity index (χ1n) is 8.22. The molecule has 2 amide bonds. The van der Waals surface area contributed by atoms with Crippen LogP contribution in [0.4, 0.5) is 5.69 Å². The van der Waals surface area contributed by atoms with Crippen LogP contribution in [-0.4, -0.2) is 35.7 Å². The van der Waals surface area contributed by atoms with E-state index in [1.165, 1.54) is 7.05 Å². The number of carbonyl (C=O) groups excluding carboxylic acids is 2. The minimum atomic E-state index is -0.612. The van der Waals surface area contributed by atoms with Crippen molar-refractivity contribution in [2.24, 2.45) is 7.05 Å². The number of fused-ring (bicyclic) bond motifs is 1. The molecule has 0 aliphatic rings. The molecule has 3 aromatic rings. The molecule has 0 atom stereocenters. The normalized spacial score (nSPS) is 10.5. The van der Waals surface area contributed by atoms with Gasteiger partial charge in [-0.1, -0.05) is 24.3 Å². The van der Waals surface area contributed by atoms with Gasteiger partial charge in [0.2, 0.25) is 0 Å². The highest BCUT2D eigenvalue weighted by Crippen LogP contribution is 2.14. The van der Waals surface area contributed by atoms with Crippen molar-refractivity contribution in [3.05, 3.63) is 70.1 Å². The SMILES string of the molecule is CN(C)c1cccc(C(=O)NNC(=O)c2nn(C)c(=O)c3ccccc23)c1. The zero-order chi connectivity index (χ0) is 19.6. The topological polar surface area (TPSA) is 96.3 Å². The molecule has 0 radical (unpaired) electrons. The molecule has 8 nitrogen and oxygen atoms in total. The van der Waals surface area contributed by atoms with E-state index < -0.39 is 11.8 Å². The maximum atomic E-state index is 12.5. The zero-order valence-corrected chi connectivity index (χ0v) is 15.2. The van der Waals surface area contributed by atoms with Crippen molar-refractivity contribution in [1.82, 2.24) is 20.6 Å². The number of hydrogen-bond acceptors (Lipinski definition) is 5. The predicted molar refractivity (Wildman–Crippen MR) is 103 cm³/mol. The lowest BCUT2D eigenvalue weighted by Gasteiger charge is -2.14. The Balaban J connectivity index is 1.82. The van der Waals surface area contributed by atoms with Gasteiger partial charge in [-0.15, -0.1) is 0 Å². The number of amides is 2. The lowest BCUT2D eigenvalue weighted by Crippen LogP contribution is -2.42. The molecule has 0 bridgehead atoms. The average Bonchev–Trinajstić information content (AvgIpc) is 2.68. The van der Waals surface area contributed by atoms with Crippen molar-refractivity contribution in [3.8, 4) is 0 Å². The van der Waals surface area contributed by atoms with E-state index in [0.717, 1.165) is 10.4 Å². The van der Waals surface area contributed by atoms with Gasteiger partial charge in [0.1, 0.15) is 0 Å². The predicted octanol–water partition coefficient (Wildman–Crippen LogP) is 1.07. The number of hydrogen-bond donors (Lipinski definition) is 2. The van der Waals surface area contributed by atoms with Gasteiger partial charge in [-0.25, -0.2) is 4.68 Å². The molecule has 0 spiro atoms. The van der Waals surface area contributed by atoms with Gasteiger partial charge in [0.15, 0.2) is 5.69 Å². The quantitative estimate of drug-likeness (QED) is 0.677. The maximum Gasteiger partial charge on any atom is 0.290 e. The van der Waals surface area contributed by atoms with Gasteiger partial charge >= 0.3 is 0 Å². The van der Waals surface area contributed by atoms with Crippen molar-refractivity contribution in [1.29, 1.82) is 0 Å². The van der Waals surface area contributed by atoms with Gasteiger partial charge in [0.25, 0.3) is 17.4 Å². The summed E-state index contributed by atoms with van der Waals surface area (Å²) in [6, 6.07) is 13.7. The van der Waals surface area contributed by atoms with Gasteiger partial charge in [-0.2, -0.15) is 5.10 Å². The summed E-state index contributed by atoms with van der Waals surface area (Å²) < 4.78 is 1.10. The zero-order valence-electron chi connectivity index (χ0n) is 15.2. The number of nitrogens with one attached hydrogen (secondary N) is 2. The van der Waals surface area contributed by atoms with Crippen LogP contribution >= 0.6 is 0 Å². The van der Waals surface area contributed by atoms with Crippen molar-refractivity contribution in [3.63, 3.8) is 0 Å². The monoisotopic (exact) mass is 365 g/mol. The van der Waals surface area contributed by atoms with E-state index in [-0.39, 0.29) is 11.3 Å². The fraction of sp³-hybridized carbons (Fsp3) is 0.158. The van der Waals surface area contributed by atoms with Crippen LogP contribution in [0.25, 0.3) is 10.8 Å². The first-order valence-corrected chi connectivity index (χ1v) is 8.22. The fourth-order valence-electron chi connectivity index (χ4n) is 2.64. The maximum absolute atomic E-state index is 12.5. The van der Waals surface area contributed by atoms with Crippen molar-refractivity contribution >= 4 is 28.3 Å². The Morgan fingerprint density at radius 3 is 2.33 bits per heavy atom. The highest BCUT2D eigenvalue weighted by Gasteiger charge is 2.16. The molecule has 0 saturated carbocycles. The molecular formula is C19H19N5O3. The summed E-state index contributed by atoms with van der Waals surface area (Å²) in [4.78, 5) is 38.8. The number of nitrogens with zero attached hydrogens (tertiary/aromatic N) is 3. The molecule has 0 aliphatic heterocycles. The fourth-order valence-corrected chi connectivity index (χ4v) is 2.64. The second kappa shape index (κ2) is 7.28. The first kappa shape index (κ1) is 18.1. The Hall–Kier alpha value is -3.68. The largest absolute Gasteiger partial charge is 0.378 e. The Labute approximate surface area is 155 Å². The van der Waals surface area contributed by atoms with E-state index in [1.807, 2.05) is 25.1 Å². The molecule has 138 valence electrons. The van der Waals surface area contributed by atoms with Gasteiger partial charge in [0, 0.05) is 37.8 Å². The third kappa shape index (κ3) is 3.64. The molecule has 3 rings (SSSR count). The molecule has 27 heavy (non-hydrogen) atoms. The van der Waals surface area contributed by atoms with E-state index in [4.69, 9.17) is 0 Å². The first-order chi connectivity index (χ1) is 12.9. The Morgan fingerprint density at radius 1 is 0.963 bits per heavy atom. The van der Waals surface area contributed by atoms with Crippen LogP contribution in [0.1, 0.15) is 20.8 Å². The van der Waals surface area contributed by atoms with Gasteiger partial charge in [-0.3, -0.25) is 25.2 Å². The van der Waals surface area contributed by atoms with E-state index in [1.54, 1.807) is 42.5 Å². The van der Waals surface area contributed by atoms with Crippen LogP contribution in [0.15, 0.2) is 53.3 Å². The van der Waals surface area contributed by atoms with Gasteiger partial charge in [0.05, 0.1) is 5.39 Å². The Bertz CT molecular complexity index is 1090. The third-order valence-electron chi connectivity index (χ3n) is 4.09. The number of benzene rings is 2. The Morgan fingerprint density at radius 2 is 1.63 bits per heavy atom. The highest BCUT2D eigenvalue weighted by atomic mass is 16.2. The molecule has 0 aliphatic carbocycles. The molecular weight excluding hydrogens is 346 g/mol. The number of rotatable bonds is 3. The summed E-state index contributed by atoms with van der Waals surface area (Å²) in [6.07, 6.45) is 0. The molecule has 1 heterocycles. The summed E-state index contributed by atoms with van der Waals surface area (Å²) in [6.45, 7) is 0. The standard InChI is InChI=1S/C19H19N5O3/c1-23(2)13-8-6-7-12(11-13)17(25)20-21-18(26)16-14-9-4-5-10-15(14)19(27)24(3)22-16/h4-11H,1-3H3,(H,20,25)(H,21,26). The number of anilines is 1. The molecule has 0 unspecified atom stereocenters. The highest BCUT2D eigenvalue weighted by molar-refractivity contribution is 6.06. The van der Waals surface area contributed by atoms with Gasteiger partial charge < -0.3 is 4.90 Å². The number of carbonyl (C=O) groups is 2. The summed E-state index contributed by atoms with van der Waals surface area (Å²) in [5.41, 5.74) is 5.75. The van der Waals surface area contributed by atoms with E-state index in [2.05, 4.69) is 16.0 Å². The summed E-state index contributed by atoms with van der Waals surface area (Å²) >= 11 is 0. The van der Waals surface area contributed by atoms with Crippen LogP contribution in [0.5, 0.6) is 0 Å². The average molecular weight is 365 g/mol. The minimum Gasteiger partial charge on any atom is -0.378 e. The van der Waals surface area contributed by atoms with Crippen LogP contribution in [0, 0.1) is 0 Å². The van der Waals surface area contributed by atoms with Crippen molar-refractivity contribution in [2.75, 3.05) is 19.0 Å². The number of hydrazine groups is 1. The lowest BCUT2D eigenvalue weighted by atomic mass is 10.1. The van der Waals surface area contributed by atoms with E-state index >= 15 is 0 Å². The lowest BCUT2D eigenvalue weighted by molar-refractivity contribution is 0.0844. The second-order valence-corrected chi connectivity index (χ2v) is 6.18. The summed E-state index contributed by atoms with van der Waals surface area (Å²) in [7, 11) is 5.21. The van der Waals surface area contributed by atoms with Crippen molar-refractivity contribution < 1.29 is 9.59 Å². The van der Waals surface area contributed by atoms with Crippen LogP contribution < -0.4 is 21.3 Å². The van der Waals surface area contributed by atoms with E-state index in [9.17, 15) is 14.4 Å².